The van der Waals surface area contributed by atoms with Gasteiger partial charge in [0.1, 0.15) is 4.90 Å². The van der Waals surface area contributed by atoms with Crippen LogP contribution in [0.15, 0.2) is 45.8 Å². The standard InChI is InChI=1S/C18H20BrClN2O4S/c1-25-16-11-15(19)18(12-17(16)26-2)27(23,24)22-8-6-21(7-9-22)14-5-3-4-13(20)10-14/h3-5,10-12H,6-9H2,1-2H3. The number of ether oxygens (including phenoxy) is 2. The van der Waals surface area contributed by atoms with Crippen molar-refractivity contribution in [3.63, 3.8) is 0 Å². The van der Waals surface area contributed by atoms with Crippen LogP contribution >= 0.6 is 27.5 Å². The third-order valence-corrected chi connectivity index (χ3v) is 7.56. The predicted molar refractivity (Wildman–Crippen MR) is 110 cm³/mol. The van der Waals surface area contributed by atoms with E-state index in [1.165, 1.54) is 24.6 Å². The van der Waals surface area contributed by atoms with Crippen molar-refractivity contribution in [2.45, 2.75) is 4.90 Å². The molecule has 2 aromatic rings. The van der Waals surface area contributed by atoms with E-state index < -0.39 is 10.0 Å². The van der Waals surface area contributed by atoms with E-state index in [1.807, 2.05) is 24.3 Å². The van der Waals surface area contributed by atoms with Crippen molar-refractivity contribution in [2.24, 2.45) is 0 Å². The topological polar surface area (TPSA) is 59.1 Å². The summed E-state index contributed by atoms with van der Waals surface area (Å²) < 4.78 is 38.7. The summed E-state index contributed by atoms with van der Waals surface area (Å²) in [5.41, 5.74) is 0.992. The van der Waals surface area contributed by atoms with Gasteiger partial charge in [0, 0.05) is 47.4 Å². The summed E-state index contributed by atoms with van der Waals surface area (Å²) in [4.78, 5) is 2.29. The molecule has 1 saturated heterocycles. The van der Waals surface area contributed by atoms with Crippen LogP contribution in [0.25, 0.3) is 0 Å². The first kappa shape index (κ1) is 20.3. The summed E-state index contributed by atoms with van der Waals surface area (Å²) in [6, 6.07) is 10.7. The molecule has 0 atom stereocenters. The second-order valence-corrected chi connectivity index (χ2v) is 9.21. The van der Waals surface area contributed by atoms with Gasteiger partial charge in [0.25, 0.3) is 0 Å². The molecule has 0 aromatic heterocycles. The molecule has 0 radical (unpaired) electrons. The van der Waals surface area contributed by atoms with Crippen LogP contribution in [0, 0.1) is 0 Å². The molecular weight excluding hydrogens is 456 g/mol. The van der Waals surface area contributed by atoms with Crippen molar-refractivity contribution in [2.75, 3.05) is 45.3 Å². The normalized spacial score (nSPS) is 15.6. The largest absolute Gasteiger partial charge is 0.493 e. The van der Waals surface area contributed by atoms with Crippen molar-refractivity contribution in [3.8, 4) is 11.5 Å². The molecule has 1 aliphatic heterocycles. The molecule has 9 heteroatoms. The SMILES string of the molecule is COc1cc(Br)c(S(=O)(=O)N2CCN(c3cccc(Cl)c3)CC2)cc1OC. The fraction of sp³-hybridized carbons (Fsp3) is 0.333. The maximum absolute atomic E-state index is 13.1. The van der Waals surface area contributed by atoms with Gasteiger partial charge in [-0.25, -0.2) is 8.42 Å². The molecule has 0 saturated carbocycles. The predicted octanol–water partition coefficient (Wildman–Crippen LogP) is 3.63. The molecule has 1 heterocycles. The summed E-state index contributed by atoms with van der Waals surface area (Å²) in [6.45, 7) is 1.94. The monoisotopic (exact) mass is 474 g/mol. The first-order chi connectivity index (χ1) is 12.9. The molecule has 1 fully saturated rings. The van der Waals surface area contributed by atoms with Crippen LogP contribution in [-0.4, -0.2) is 53.1 Å². The van der Waals surface area contributed by atoms with Gasteiger partial charge in [-0.1, -0.05) is 17.7 Å². The van der Waals surface area contributed by atoms with E-state index in [0.29, 0.717) is 47.2 Å². The summed E-state index contributed by atoms with van der Waals surface area (Å²) in [7, 11) is -0.680. The average Bonchev–Trinajstić information content (AvgIpc) is 2.67. The zero-order valence-electron chi connectivity index (χ0n) is 15.0. The molecule has 0 amide bonds. The fourth-order valence-electron chi connectivity index (χ4n) is 3.03. The minimum Gasteiger partial charge on any atom is -0.493 e. The van der Waals surface area contributed by atoms with Crippen molar-refractivity contribution < 1.29 is 17.9 Å². The van der Waals surface area contributed by atoms with Crippen molar-refractivity contribution in [1.29, 1.82) is 0 Å². The summed E-state index contributed by atoms with van der Waals surface area (Å²) >= 11 is 9.40. The molecule has 0 spiro atoms. The molecule has 2 aromatic carbocycles. The van der Waals surface area contributed by atoms with Crippen LogP contribution in [0.3, 0.4) is 0 Å². The smallest absolute Gasteiger partial charge is 0.244 e. The van der Waals surface area contributed by atoms with E-state index >= 15 is 0 Å². The van der Waals surface area contributed by atoms with Crippen LogP contribution in [0.4, 0.5) is 5.69 Å². The third kappa shape index (κ3) is 4.18. The van der Waals surface area contributed by atoms with Gasteiger partial charge in [0.2, 0.25) is 10.0 Å². The van der Waals surface area contributed by atoms with Crippen molar-refractivity contribution in [3.05, 3.63) is 45.9 Å². The highest BCUT2D eigenvalue weighted by atomic mass is 79.9. The summed E-state index contributed by atoms with van der Waals surface area (Å²) in [5, 5.41) is 0.664. The molecule has 6 nitrogen and oxygen atoms in total. The minimum atomic E-state index is -3.67. The van der Waals surface area contributed by atoms with Gasteiger partial charge in [0.05, 0.1) is 14.2 Å². The number of sulfonamides is 1. The van der Waals surface area contributed by atoms with Gasteiger partial charge in [-0.05, 0) is 40.2 Å². The highest BCUT2D eigenvalue weighted by Gasteiger charge is 2.31. The molecule has 0 bridgehead atoms. The number of anilines is 1. The average molecular weight is 476 g/mol. The Morgan fingerprint density at radius 3 is 2.22 bits per heavy atom. The third-order valence-electron chi connectivity index (χ3n) is 4.47. The lowest BCUT2D eigenvalue weighted by Crippen LogP contribution is -2.48. The van der Waals surface area contributed by atoms with Crippen LogP contribution in [0.1, 0.15) is 0 Å². The fourth-order valence-corrected chi connectivity index (χ4v) is 5.64. The molecule has 1 aliphatic rings. The van der Waals surface area contributed by atoms with Gasteiger partial charge in [-0.3, -0.25) is 0 Å². The Hall–Kier alpha value is -1.48. The molecule has 0 N–H and O–H groups in total. The molecular formula is C18H20BrClN2O4S. The Labute approximate surface area is 172 Å². The number of hydrogen-bond donors (Lipinski definition) is 0. The second kappa shape index (κ2) is 8.26. The van der Waals surface area contributed by atoms with E-state index in [9.17, 15) is 8.42 Å². The van der Waals surface area contributed by atoms with Crippen molar-refractivity contribution >= 4 is 43.2 Å². The lowest BCUT2D eigenvalue weighted by Gasteiger charge is -2.35. The Balaban J connectivity index is 1.81. The summed E-state index contributed by atoms with van der Waals surface area (Å²) in [6.07, 6.45) is 0. The van der Waals surface area contributed by atoms with Crippen LogP contribution in [-0.2, 0) is 10.0 Å². The number of benzene rings is 2. The van der Waals surface area contributed by atoms with Gasteiger partial charge in [0.15, 0.2) is 11.5 Å². The van der Waals surface area contributed by atoms with E-state index in [4.69, 9.17) is 21.1 Å². The number of rotatable bonds is 5. The van der Waals surface area contributed by atoms with Gasteiger partial charge < -0.3 is 14.4 Å². The quantitative estimate of drug-likeness (QED) is 0.661. The Morgan fingerprint density at radius 1 is 1.00 bits per heavy atom. The molecule has 0 unspecified atom stereocenters. The number of methoxy groups -OCH3 is 2. The lowest BCUT2D eigenvalue weighted by molar-refractivity contribution is 0.352. The van der Waals surface area contributed by atoms with Gasteiger partial charge >= 0.3 is 0 Å². The molecule has 3 rings (SSSR count). The van der Waals surface area contributed by atoms with E-state index in [-0.39, 0.29) is 4.90 Å². The van der Waals surface area contributed by atoms with Gasteiger partial charge in [-0.15, -0.1) is 0 Å². The highest BCUT2D eigenvalue weighted by molar-refractivity contribution is 9.10. The number of hydrogen-bond acceptors (Lipinski definition) is 5. The second-order valence-electron chi connectivity index (χ2n) is 6.01. The first-order valence-electron chi connectivity index (χ1n) is 8.29. The van der Waals surface area contributed by atoms with Crippen LogP contribution in [0.5, 0.6) is 11.5 Å². The Bertz CT molecular complexity index is 931. The molecule has 146 valence electrons. The highest BCUT2D eigenvalue weighted by Crippen LogP contribution is 2.37. The molecule has 27 heavy (non-hydrogen) atoms. The van der Waals surface area contributed by atoms with E-state index in [0.717, 1.165) is 5.69 Å². The summed E-state index contributed by atoms with van der Waals surface area (Å²) in [5.74, 6) is 0.839. The zero-order chi connectivity index (χ0) is 19.6. The minimum absolute atomic E-state index is 0.163. The number of halogens is 2. The molecule has 0 aliphatic carbocycles. The van der Waals surface area contributed by atoms with Crippen LogP contribution in [0.2, 0.25) is 5.02 Å². The van der Waals surface area contributed by atoms with Crippen molar-refractivity contribution in [1.82, 2.24) is 4.31 Å². The first-order valence-corrected chi connectivity index (χ1v) is 10.9. The number of nitrogens with zero attached hydrogens (tertiary/aromatic N) is 2. The van der Waals surface area contributed by atoms with E-state index in [1.54, 1.807) is 6.07 Å². The van der Waals surface area contributed by atoms with Crippen LogP contribution < -0.4 is 14.4 Å². The maximum atomic E-state index is 13.1. The maximum Gasteiger partial charge on any atom is 0.244 e. The number of piperazine rings is 1. The van der Waals surface area contributed by atoms with E-state index in [2.05, 4.69) is 20.8 Å². The zero-order valence-corrected chi connectivity index (χ0v) is 18.1. The Morgan fingerprint density at radius 2 is 1.63 bits per heavy atom. The van der Waals surface area contributed by atoms with Gasteiger partial charge in [-0.2, -0.15) is 4.31 Å². The lowest BCUT2D eigenvalue weighted by atomic mass is 10.2. The Kier molecular flexibility index (Phi) is 6.20.